The summed E-state index contributed by atoms with van der Waals surface area (Å²) in [5.41, 5.74) is 3.80. The number of aliphatic hydroxyl groups excluding tert-OH is 3. The molecule has 9 nitrogen and oxygen atoms in total. The van der Waals surface area contributed by atoms with Crippen LogP contribution in [0.3, 0.4) is 0 Å². The molecular weight excluding hydrogens is 306 g/mol. The van der Waals surface area contributed by atoms with Crippen molar-refractivity contribution in [2.24, 2.45) is 5.73 Å². The minimum absolute atomic E-state index is 0.0365. The van der Waals surface area contributed by atoms with Gasteiger partial charge in [0.1, 0.15) is 29.6 Å². The predicted molar refractivity (Wildman–Crippen MR) is 76.9 cm³/mol. The van der Waals surface area contributed by atoms with Crippen LogP contribution in [0.2, 0.25) is 0 Å². The third kappa shape index (κ3) is 3.52. The summed E-state index contributed by atoms with van der Waals surface area (Å²) < 4.78 is 6.62. The van der Waals surface area contributed by atoms with E-state index in [9.17, 15) is 20.1 Å². The lowest BCUT2D eigenvalue weighted by Gasteiger charge is -2.17. The molecule has 1 aromatic rings. The molecule has 1 aliphatic heterocycles. The second kappa shape index (κ2) is 6.27. The fourth-order valence-electron chi connectivity index (χ4n) is 2.18. The van der Waals surface area contributed by atoms with Gasteiger partial charge < -0.3 is 30.9 Å². The highest BCUT2D eigenvalue weighted by Gasteiger charge is 2.44. The van der Waals surface area contributed by atoms with Crippen molar-refractivity contribution in [3.8, 4) is 11.8 Å². The molecule has 0 radical (unpaired) electrons. The highest BCUT2D eigenvalue weighted by Crippen LogP contribution is 2.30. The van der Waals surface area contributed by atoms with E-state index in [2.05, 4.69) is 16.8 Å². The van der Waals surface area contributed by atoms with Crippen LogP contribution in [0.25, 0.3) is 0 Å². The van der Waals surface area contributed by atoms with Gasteiger partial charge in [0.2, 0.25) is 0 Å². The molecule has 4 atom stereocenters. The van der Waals surface area contributed by atoms with Gasteiger partial charge in [0.25, 0.3) is 5.91 Å². The van der Waals surface area contributed by atoms with Crippen LogP contribution in [0.1, 0.15) is 36.3 Å². The standard InChI is InChI=1S/C14H19N3O6/c1-14(2,22)4-3-7-9(12(15)21)16-6-17(7)13-11(20)10(19)8(5-18)23-13/h6,8,10-11,13,18-20,22H,5H2,1-2H3,(H2,15,21)/t8-,10-,11-,13?/m1/s1. The average molecular weight is 325 g/mol. The number of ether oxygens (including phenoxy) is 1. The smallest absolute Gasteiger partial charge is 0.270 e. The summed E-state index contributed by atoms with van der Waals surface area (Å²) in [6, 6.07) is 0. The monoisotopic (exact) mass is 325 g/mol. The highest BCUT2D eigenvalue weighted by molar-refractivity contribution is 5.93. The fourth-order valence-corrected chi connectivity index (χ4v) is 2.18. The molecule has 1 saturated heterocycles. The van der Waals surface area contributed by atoms with E-state index in [-0.39, 0.29) is 11.4 Å². The van der Waals surface area contributed by atoms with Gasteiger partial charge in [-0.15, -0.1) is 0 Å². The first-order valence-corrected chi connectivity index (χ1v) is 6.90. The van der Waals surface area contributed by atoms with Crippen molar-refractivity contribution in [3.63, 3.8) is 0 Å². The Morgan fingerprint density at radius 2 is 2.13 bits per heavy atom. The van der Waals surface area contributed by atoms with Gasteiger partial charge in [-0.3, -0.25) is 9.36 Å². The highest BCUT2D eigenvalue weighted by atomic mass is 16.6. The topological polar surface area (TPSA) is 151 Å². The molecule has 0 aliphatic carbocycles. The lowest BCUT2D eigenvalue weighted by atomic mass is 10.1. The van der Waals surface area contributed by atoms with E-state index in [1.54, 1.807) is 0 Å². The Labute approximate surface area is 132 Å². The number of aromatic nitrogens is 2. The summed E-state index contributed by atoms with van der Waals surface area (Å²) in [4.78, 5) is 15.3. The van der Waals surface area contributed by atoms with Crippen LogP contribution in [-0.2, 0) is 4.74 Å². The lowest BCUT2D eigenvalue weighted by molar-refractivity contribution is -0.0531. The second-order valence-electron chi connectivity index (χ2n) is 5.75. The Morgan fingerprint density at radius 1 is 1.48 bits per heavy atom. The molecule has 0 bridgehead atoms. The molecule has 6 N–H and O–H groups in total. The average Bonchev–Trinajstić information content (AvgIpc) is 2.99. The Balaban J connectivity index is 2.47. The molecule has 1 amide bonds. The Kier molecular flexibility index (Phi) is 4.74. The quantitative estimate of drug-likeness (QED) is 0.393. The number of aliphatic hydroxyl groups is 4. The molecule has 2 rings (SSSR count). The first kappa shape index (κ1) is 17.4. The van der Waals surface area contributed by atoms with Crippen LogP contribution in [0, 0.1) is 11.8 Å². The maximum atomic E-state index is 11.5. The van der Waals surface area contributed by atoms with Gasteiger partial charge in [0.05, 0.1) is 12.9 Å². The lowest BCUT2D eigenvalue weighted by Crippen LogP contribution is -2.33. The summed E-state index contributed by atoms with van der Waals surface area (Å²) >= 11 is 0. The number of carbonyl (C=O) groups is 1. The van der Waals surface area contributed by atoms with Crippen LogP contribution in [0.15, 0.2) is 6.33 Å². The van der Waals surface area contributed by atoms with Crippen molar-refractivity contribution < 1.29 is 30.0 Å². The number of primary amides is 1. The van der Waals surface area contributed by atoms with Crippen molar-refractivity contribution in [2.45, 2.75) is 44.0 Å². The Hall–Kier alpha value is -1.96. The van der Waals surface area contributed by atoms with Crippen molar-refractivity contribution in [2.75, 3.05) is 6.61 Å². The van der Waals surface area contributed by atoms with Crippen LogP contribution in [-0.4, -0.2) is 66.4 Å². The van der Waals surface area contributed by atoms with Crippen LogP contribution in [0.5, 0.6) is 0 Å². The Morgan fingerprint density at radius 3 is 2.61 bits per heavy atom. The SMILES string of the molecule is CC(C)(O)C#Cc1c(C(N)=O)ncn1C1O[C@H](CO)[C@@H](O)[C@H]1O. The Bertz CT molecular complexity index is 654. The molecule has 1 aromatic heterocycles. The molecule has 1 aliphatic rings. The van der Waals surface area contributed by atoms with E-state index in [4.69, 9.17) is 15.6 Å². The first-order chi connectivity index (χ1) is 10.7. The molecule has 0 aromatic carbocycles. The molecule has 0 spiro atoms. The number of nitrogens with two attached hydrogens (primary N) is 1. The van der Waals surface area contributed by atoms with Crippen LogP contribution >= 0.6 is 0 Å². The van der Waals surface area contributed by atoms with Gasteiger partial charge in [-0.05, 0) is 19.8 Å². The number of nitrogens with zero attached hydrogens (tertiary/aromatic N) is 2. The predicted octanol–water partition coefficient (Wildman–Crippen LogP) is -2.28. The third-order valence-electron chi connectivity index (χ3n) is 3.31. The fraction of sp³-hybridized carbons (Fsp3) is 0.571. The van der Waals surface area contributed by atoms with Gasteiger partial charge in [0, 0.05) is 0 Å². The number of hydrogen-bond acceptors (Lipinski definition) is 7. The molecular formula is C14H19N3O6. The second-order valence-corrected chi connectivity index (χ2v) is 5.75. The van der Waals surface area contributed by atoms with E-state index in [1.807, 2.05) is 0 Å². The van der Waals surface area contributed by atoms with E-state index >= 15 is 0 Å². The van der Waals surface area contributed by atoms with Gasteiger partial charge in [0.15, 0.2) is 11.9 Å². The molecule has 9 heteroatoms. The van der Waals surface area contributed by atoms with E-state index in [1.165, 1.54) is 24.7 Å². The van der Waals surface area contributed by atoms with E-state index in [0.29, 0.717) is 0 Å². The van der Waals surface area contributed by atoms with Crippen LogP contribution < -0.4 is 5.73 Å². The molecule has 23 heavy (non-hydrogen) atoms. The zero-order valence-electron chi connectivity index (χ0n) is 12.7. The van der Waals surface area contributed by atoms with Gasteiger partial charge in [-0.25, -0.2) is 4.98 Å². The summed E-state index contributed by atoms with van der Waals surface area (Å²) in [6.07, 6.45) is -3.56. The third-order valence-corrected chi connectivity index (χ3v) is 3.31. The zero-order valence-corrected chi connectivity index (χ0v) is 12.7. The number of imidazole rings is 1. The number of hydrogen-bond donors (Lipinski definition) is 5. The zero-order chi connectivity index (χ0) is 17.4. The van der Waals surface area contributed by atoms with E-state index in [0.717, 1.165) is 0 Å². The molecule has 1 unspecified atom stereocenters. The minimum atomic E-state index is -1.36. The maximum Gasteiger partial charge on any atom is 0.270 e. The van der Waals surface area contributed by atoms with Crippen molar-refractivity contribution in [1.82, 2.24) is 9.55 Å². The van der Waals surface area contributed by atoms with Crippen molar-refractivity contribution in [3.05, 3.63) is 17.7 Å². The molecule has 2 heterocycles. The van der Waals surface area contributed by atoms with Gasteiger partial charge in [-0.1, -0.05) is 5.92 Å². The van der Waals surface area contributed by atoms with Crippen molar-refractivity contribution in [1.29, 1.82) is 0 Å². The van der Waals surface area contributed by atoms with Crippen molar-refractivity contribution >= 4 is 5.91 Å². The summed E-state index contributed by atoms with van der Waals surface area (Å²) in [7, 11) is 0. The molecule has 1 fully saturated rings. The van der Waals surface area contributed by atoms with Gasteiger partial charge >= 0.3 is 0 Å². The van der Waals surface area contributed by atoms with E-state index < -0.39 is 42.7 Å². The normalized spacial score (nSPS) is 27.6. The number of rotatable bonds is 3. The maximum absolute atomic E-state index is 11.5. The van der Waals surface area contributed by atoms with Gasteiger partial charge in [-0.2, -0.15) is 0 Å². The minimum Gasteiger partial charge on any atom is -0.394 e. The number of amides is 1. The number of carbonyl (C=O) groups excluding carboxylic acids is 1. The summed E-state index contributed by atoms with van der Waals surface area (Å²) in [5, 5.41) is 38.7. The largest absolute Gasteiger partial charge is 0.394 e. The first-order valence-electron chi connectivity index (χ1n) is 6.90. The van der Waals surface area contributed by atoms with Crippen LogP contribution in [0.4, 0.5) is 0 Å². The summed E-state index contributed by atoms with van der Waals surface area (Å²) in [5.74, 6) is 4.28. The summed E-state index contributed by atoms with van der Waals surface area (Å²) in [6.45, 7) is 2.42. The molecule has 0 saturated carbocycles. The molecule has 126 valence electrons.